The van der Waals surface area contributed by atoms with E-state index in [0.717, 1.165) is 5.56 Å². The smallest absolute Gasteiger partial charge is 0.407 e. The fourth-order valence-electron chi connectivity index (χ4n) is 5.41. The van der Waals surface area contributed by atoms with Crippen LogP contribution in [0.1, 0.15) is 34.2 Å². The number of benzene rings is 5. The van der Waals surface area contributed by atoms with E-state index in [1.807, 2.05) is 30.3 Å². The molecule has 0 saturated heterocycles. The maximum Gasteiger partial charge on any atom is 0.407 e. The predicted octanol–water partition coefficient (Wildman–Crippen LogP) is 7.66. The minimum Gasteiger partial charge on any atom is -0.449 e. The minimum atomic E-state index is -0.397. The number of hydrogen-bond donors (Lipinski definition) is 1. The number of rotatable bonds is 6. The lowest BCUT2D eigenvalue weighted by Gasteiger charge is -2.21. The lowest BCUT2D eigenvalue weighted by molar-refractivity contribution is 0.139. The van der Waals surface area contributed by atoms with Gasteiger partial charge in [-0.3, -0.25) is 0 Å². The van der Waals surface area contributed by atoms with Crippen LogP contribution in [0, 0.1) is 0 Å². The number of fused-ring (bicyclic) bond motifs is 4. The monoisotopic (exact) mass is 469 g/mol. The first kappa shape index (κ1) is 22.1. The molecule has 1 amide bonds. The Balaban J connectivity index is 1.22. The molecule has 0 aromatic heterocycles. The molecular formula is C33H27NO2. The Morgan fingerprint density at radius 2 is 1.31 bits per heavy atom. The van der Waals surface area contributed by atoms with E-state index in [0.29, 0.717) is 13.0 Å². The van der Waals surface area contributed by atoms with Crippen molar-refractivity contribution in [3.05, 3.63) is 144 Å². The zero-order valence-electron chi connectivity index (χ0n) is 19.9. The molecule has 5 aromatic rings. The number of ether oxygens (including phenoxy) is 1. The van der Waals surface area contributed by atoms with E-state index < -0.39 is 6.09 Å². The highest BCUT2D eigenvalue weighted by atomic mass is 16.5. The van der Waals surface area contributed by atoms with Crippen LogP contribution in [-0.2, 0) is 11.2 Å². The van der Waals surface area contributed by atoms with Gasteiger partial charge in [-0.15, -0.1) is 0 Å². The molecule has 0 bridgehead atoms. The molecule has 0 radical (unpaired) electrons. The van der Waals surface area contributed by atoms with E-state index >= 15 is 0 Å². The molecule has 0 saturated carbocycles. The zero-order valence-corrected chi connectivity index (χ0v) is 19.9. The van der Waals surface area contributed by atoms with Crippen LogP contribution in [0.4, 0.5) is 4.79 Å². The summed E-state index contributed by atoms with van der Waals surface area (Å²) in [6.45, 7) is 0.301. The molecule has 0 fully saturated rings. The highest BCUT2D eigenvalue weighted by Crippen LogP contribution is 2.44. The van der Waals surface area contributed by atoms with Gasteiger partial charge in [0.05, 0.1) is 6.04 Å². The topological polar surface area (TPSA) is 38.3 Å². The molecule has 0 heterocycles. The first-order valence-corrected chi connectivity index (χ1v) is 12.4. The van der Waals surface area contributed by atoms with Crippen LogP contribution in [0.5, 0.6) is 0 Å². The summed E-state index contributed by atoms with van der Waals surface area (Å²) in [6.07, 6.45) is 0.279. The van der Waals surface area contributed by atoms with Crippen LogP contribution in [0.15, 0.2) is 121 Å². The number of hydrogen-bond acceptors (Lipinski definition) is 2. The number of nitrogens with one attached hydrogen (secondary N) is 1. The number of carbonyl (C=O) groups excluding carboxylic acids is 1. The average Bonchev–Trinajstić information content (AvgIpc) is 3.26. The molecule has 1 N–H and O–H groups in total. The number of alkyl carbamates (subject to hydrolysis) is 1. The zero-order chi connectivity index (χ0) is 24.3. The molecule has 1 unspecified atom stereocenters. The Bertz CT molecular complexity index is 1470. The van der Waals surface area contributed by atoms with Crippen molar-refractivity contribution in [2.75, 3.05) is 6.61 Å². The summed E-state index contributed by atoms with van der Waals surface area (Å²) in [4.78, 5) is 13.1. The van der Waals surface area contributed by atoms with E-state index in [4.69, 9.17) is 4.74 Å². The number of carbonyl (C=O) groups is 1. The summed E-state index contributed by atoms with van der Waals surface area (Å²) in [5.41, 5.74) is 7.11. The van der Waals surface area contributed by atoms with Crippen molar-refractivity contribution < 1.29 is 9.53 Å². The highest BCUT2D eigenvalue weighted by Gasteiger charge is 2.29. The normalized spacial score (nSPS) is 13.1. The lowest BCUT2D eigenvalue weighted by atomic mass is 9.95. The quantitative estimate of drug-likeness (QED) is 0.277. The van der Waals surface area contributed by atoms with E-state index in [9.17, 15) is 4.79 Å². The van der Waals surface area contributed by atoms with Crippen molar-refractivity contribution in [3.8, 4) is 11.1 Å². The van der Waals surface area contributed by atoms with E-state index in [-0.39, 0.29) is 12.0 Å². The Labute approximate surface area is 211 Å². The fraction of sp³-hybridized carbons (Fsp3) is 0.121. The Hall–Kier alpha value is -4.37. The molecule has 6 rings (SSSR count). The molecule has 1 aliphatic rings. The van der Waals surface area contributed by atoms with Crippen molar-refractivity contribution in [3.63, 3.8) is 0 Å². The van der Waals surface area contributed by atoms with Gasteiger partial charge in [-0.05, 0) is 50.6 Å². The summed E-state index contributed by atoms with van der Waals surface area (Å²) in [6, 6.07) is 41.4. The van der Waals surface area contributed by atoms with Crippen molar-refractivity contribution in [1.29, 1.82) is 0 Å². The van der Waals surface area contributed by atoms with Gasteiger partial charge in [0.25, 0.3) is 0 Å². The minimum absolute atomic E-state index is 0.0383. The van der Waals surface area contributed by atoms with Gasteiger partial charge in [-0.1, -0.05) is 121 Å². The number of amides is 1. The lowest BCUT2D eigenvalue weighted by Crippen LogP contribution is -2.31. The summed E-state index contributed by atoms with van der Waals surface area (Å²) < 4.78 is 5.87. The first-order valence-electron chi connectivity index (χ1n) is 12.4. The average molecular weight is 470 g/mol. The second-order valence-corrected chi connectivity index (χ2v) is 9.28. The van der Waals surface area contributed by atoms with E-state index in [2.05, 4.69) is 96.3 Å². The van der Waals surface area contributed by atoms with Gasteiger partial charge in [0, 0.05) is 5.92 Å². The molecule has 176 valence electrons. The Morgan fingerprint density at radius 3 is 2.06 bits per heavy atom. The maximum atomic E-state index is 13.1. The summed E-state index contributed by atoms with van der Waals surface area (Å²) in [5.74, 6) is 0.0383. The van der Waals surface area contributed by atoms with Gasteiger partial charge in [0.2, 0.25) is 0 Å². The molecule has 5 aromatic carbocycles. The fourth-order valence-corrected chi connectivity index (χ4v) is 5.41. The van der Waals surface area contributed by atoms with Crippen LogP contribution in [-0.4, -0.2) is 12.7 Å². The summed E-state index contributed by atoms with van der Waals surface area (Å²) in [5, 5.41) is 5.56. The third-order valence-electron chi connectivity index (χ3n) is 7.14. The van der Waals surface area contributed by atoms with Crippen molar-refractivity contribution in [2.45, 2.75) is 18.4 Å². The summed E-state index contributed by atoms with van der Waals surface area (Å²) >= 11 is 0. The van der Waals surface area contributed by atoms with Gasteiger partial charge in [0.15, 0.2) is 0 Å². The molecule has 0 spiro atoms. The van der Waals surface area contributed by atoms with Crippen LogP contribution >= 0.6 is 0 Å². The van der Waals surface area contributed by atoms with Gasteiger partial charge >= 0.3 is 6.09 Å². The van der Waals surface area contributed by atoms with Crippen molar-refractivity contribution in [1.82, 2.24) is 5.32 Å². The first-order chi connectivity index (χ1) is 17.8. The van der Waals surface area contributed by atoms with Gasteiger partial charge in [0.1, 0.15) is 6.61 Å². The van der Waals surface area contributed by atoms with Crippen LogP contribution in [0.2, 0.25) is 0 Å². The highest BCUT2D eigenvalue weighted by molar-refractivity contribution is 5.86. The Morgan fingerprint density at radius 1 is 0.694 bits per heavy atom. The third-order valence-corrected chi connectivity index (χ3v) is 7.14. The van der Waals surface area contributed by atoms with Crippen molar-refractivity contribution in [2.24, 2.45) is 0 Å². The van der Waals surface area contributed by atoms with Crippen molar-refractivity contribution >= 4 is 16.9 Å². The standard InChI is InChI=1S/C33H27NO2/c35-33(36-22-31-29-19-8-6-17-27(29)28-18-7-9-20-30(28)31)34-32(24-12-2-1-3-13-24)21-25-15-10-14-23-11-4-5-16-26(23)25/h1-20,31-32H,21-22H2,(H,34,35). The van der Waals surface area contributed by atoms with Gasteiger partial charge < -0.3 is 10.1 Å². The SMILES string of the molecule is O=C(NC(Cc1cccc2ccccc12)c1ccccc1)OCC1c2ccccc2-c2ccccc21. The van der Waals surface area contributed by atoms with E-state index in [1.165, 1.54) is 38.6 Å². The molecule has 1 aliphatic carbocycles. The second kappa shape index (κ2) is 9.71. The van der Waals surface area contributed by atoms with Crippen LogP contribution in [0.25, 0.3) is 21.9 Å². The molecule has 1 atom stereocenters. The Kier molecular flexibility index (Phi) is 5.96. The second-order valence-electron chi connectivity index (χ2n) is 9.28. The predicted molar refractivity (Wildman–Crippen MR) is 145 cm³/mol. The molecular weight excluding hydrogens is 442 g/mol. The largest absolute Gasteiger partial charge is 0.449 e. The van der Waals surface area contributed by atoms with Crippen LogP contribution < -0.4 is 5.32 Å². The summed E-state index contributed by atoms with van der Waals surface area (Å²) in [7, 11) is 0. The van der Waals surface area contributed by atoms with Gasteiger partial charge in [-0.25, -0.2) is 4.79 Å². The molecule has 0 aliphatic heterocycles. The van der Waals surface area contributed by atoms with E-state index in [1.54, 1.807) is 0 Å². The van der Waals surface area contributed by atoms with Crippen LogP contribution in [0.3, 0.4) is 0 Å². The molecule has 3 nitrogen and oxygen atoms in total. The third kappa shape index (κ3) is 4.25. The van der Waals surface area contributed by atoms with Gasteiger partial charge in [-0.2, -0.15) is 0 Å². The maximum absolute atomic E-state index is 13.1. The molecule has 36 heavy (non-hydrogen) atoms. The molecule has 3 heteroatoms.